The molecular weight excluding hydrogens is 362 g/mol. The molecule has 0 saturated carbocycles. The summed E-state index contributed by atoms with van der Waals surface area (Å²) in [5, 5.41) is 10.7. The Bertz CT molecular complexity index is 1010. The number of benzene rings is 1. The molecule has 0 fully saturated rings. The summed E-state index contributed by atoms with van der Waals surface area (Å²) in [6, 6.07) is 9.38. The van der Waals surface area contributed by atoms with E-state index in [1.54, 1.807) is 16.0 Å². The summed E-state index contributed by atoms with van der Waals surface area (Å²) in [6.45, 7) is 0. The zero-order chi connectivity index (χ0) is 16.7. The molecule has 4 rings (SSSR count). The number of thiophene rings is 1. The minimum atomic E-state index is 0.515. The summed E-state index contributed by atoms with van der Waals surface area (Å²) in [6.07, 6.45) is 1.94. The van der Waals surface area contributed by atoms with Crippen molar-refractivity contribution in [3.63, 3.8) is 0 Å². The van der Waals surface area contributed by atoms with Crippen LogP contribution in [0.15, 0.2) is 46.2 Å². The molecule has 0 unspecified atom stereocenters. The molecule has 0 amide bonds. The normalized spacial score (nSPS) is 11.2. The van der Waals surface area contributed by atoms with E-state index in [2.05, 4.69) is 15.1 Å². The molecule has 3 heterocycles. The molecule has 0 saturated heterocycles. The van der Waals surface area contributed by atoms with Crippen molar-refractivity contribution < 1.29 is 0 Å². The molecule has 5 nitrogen and oxygen atoms in total. The van der Waals surface area contributed by atoms with E-state index in [-0.39, 0.29) is 0 Å². The van der Waals surface area contributed by atoms with Crippen LogP contribution in [0.25, 0.3) is 28.0 Å². The minimum absolute atomic E-state index is 0.515. The third kappa shape index (κ3) is 2.54. The quantitative estimate of drug-likeness (QED) is 0.423. The molecule has 4 aromatic rings. The van der Waals surface area contributed by atoms with Crippen LogP contribution < -0.4 is 5.73 Å². The number of rotatable bonds is 3. The van der Waals surface area contributed by atoms with Gasteiger partial charge in [0.15, 0.2) is 10.8 Å². The van der Waals surface area contributed by atoms with Gasteiger partial charge in [0.25, 0.3) is 0 Å². The minimum Gasteiger partial charge on any atom is -0.383 e. The lowest BCUT2D eigenvalue weighted by molar-refractivity contribution is 0.890. The monoisotopic (exact) mass is 373 g/mol. The first kappa shape index (κ1) is 15.4. The smallest absolute Gasteiger partial charge is 0.190 e. The maximum absolute atomic E-state index is 6.39. The van der Waals surface area contributed by atoms with Crippen LogP contribution in [0.2, 0.25) is 5.02 Å². The summed E-state index contributed by atoms with van der Waals surface area (Å²) in [5.74, 6) is 0.515. The lowest BCUT2D eigenvalue weighted by Crippen LogP contribution is -2.01. The second kappa shape index (κ2) is 6.08. The summed E-state index contributed by atoms with van der Waals surface area (Å²) in [7, 11) is 0. The third-order valence-corrected chi connectivity index (χ3v) is 5.08. The predicted octanol–water partition coefficient (Wildman–Crippen LogP) is 4.50. The Morgan fingerprint density at radius 1 is 1.17 bits per heavy atom. The Morgan fingerprint density at radius 3 is 2.62 bits per heavy atom. The average molecular weight is 374 g/mol. The number of nitrogens with two attached hydrogens (primary N) is 1. The lowest BCUT2D eigenvalue weighted by Gasteiger charge is -2.05. The van der Waals surface area contributed by atoms with Gasteiger partial charge in [-0.2, -0.15) is 11.3 Å². The lowest BCUT2D eigenvalue weighted by atomic mass is 10.2. The molecule has 0 bridgehead atoms. The summed E-state index contributed by atoms with van der Waals surface area (Å²) >= 11 is 9.06. The van der Waals surface area contributed by atoms with Gasteiger partial charge in [-0.15, -0.1) is 5.10 Å². The SMILES string of the molecule is CSc1nc(-c2ccsc2)c2c(N)n(-c3ccc(Cl)cc3)nc2n1. The van der Waals surface area contributed by atoms with Crippen molar-refractivity contribution in [2.45, 2.75) is 5.16 Å². The van der Waals surface area contributed by atoms with Crippen LogP contribution in [0, 0.1) is 0 Å². The van der Waals surface area contributed by atoms with Crippen LogP contribution in [-0.4, -0.2) is 26.0 Å². The van der Waals surface area contributed by atoms with Crippen molar-refractivity contribution in [3.8, 4) is 16.9 Å². The largest absolute Gasteiger partial charge is 0.383 e. The number of fused-ring (bicyclic) bond motifs is 1. The molecule has 8 heteroatoms. The number of nitrogens with zero attached hydrogens (tertiary/aromatic N) is 4. The van der Waals surface area contributed by atoms with E-state index in [1.165, 1.54) is 11.8 Å². The van der Waals surface area contributed by atoms with E-state index in [0.29, 0.717) is 21.6 Å². The number of hydrogen-bond donors (Lipinski definition) is 1. The number of anilines is 1. The van der Waals surface area contributed by atoms with E-state index in [1.807, 2.05) is 47.3 Å². The Morgan fingerprint density at radius 2 is 1.96 bits per heavy atom. The highest BCUT2D eigenvalue weighted by atomic mass is 35.5. The van der Waals surface area contributed by atoms with Crippen molar-refractivity contribution >= 4 is 51.6 Å². The van der Waals surface area contributed by atoms with Gasteiger partial charge in [0.2, 0.25) is 0 Å². The number of hydrogen-bond acceptors (Lipinski definition) is 6. The molecular formula is C16H12ClN5S2. The van der Waals surface area contributed by atoms with E-state index in [4.69, 9.17) is 17.3 Å². The number of halogens is 1. The van der Waals surface area contributed by atoms with E-state index in [0.717, 1.165) is 22.3 Å². The van der Waals surface area contributed by atoms with Gasteiger partial charge in [-0.25, -0.2) is 14.6 Å². The fraction of sp³-hybridized carbons (Fsp3) is 0.0625. The first-order chi connectivity index (χ1) is 11.7. The highest BCUT2D eigenvalue weighted by Crippen LogP contribution is 2.34. The average Bonchev–Trinajstić information content (AvgIpc) is 3.23. The fourth-order valence-electron chi connectivity index (χ4n) is 2.47. The van der Waals surface area contributed by atoms with Crippen molar-refractivity contribution in [1.82, 2.24) is 19.7 Å². The maximum Gasteiger partial charge on any atom is 0.190 e. The Balaban J connectivity index is 2.01. The van der Waals surface area contributed by atoms with Gasteiger partial charge >= 0.3 is 0 Å². The Hall–Kier alpha value is -2.09. The molecule has 120 valence electrons. The molecule has 0 aliphatic rings. The van der Waals surface area contributed by atoms with Crippen molar-refractivity contribution in [3.05, 3.63) is 46.1 Å². The van der Waals surface area contributed by atoms with Gasteiger partial charge in [-0.05, 0) is 42.0 Å². The number of thioether (sulfide) groups is 1. The third-order valence-electron chi connectivity index (χ3n) is 3.60. The maximum atomic E-state index is 6.39. The molecule has 24 heavy (non-hydrogen) atoms. The molecule has 0 aliphatic heterocycles. The van der Waals surface area contributed by atoms with Crippen LogP contribution >= 0.6 is 34.7 Å². The van der Waals surface area contributed by atoms with Crippen LogP contribution in [-0.2, 0) is 0 Å². The summed E-state index contributed by atoms with van der Waals surface area (Å²) in [5.41, 5.74) is 9.64. The van der Waals surface area contributed by atoms with Crippen LogP contribution in [0.1, 0.15) is 0 Å². The van der Waals surface area contributed by atoms with Gasteiger partial charge in [0, 0.05) is 16.0 Å². The van der Waals surface area contributed by atoms with Gasteiger partial charge in [-0.1, -0.05) is 23.4 Å². The molecule has 0 radical (unpaired) electrons. The standard InChI is InChI=1S/C16H12ClN5S2/c1-23-16-19-13(9-6-7-24-8-9)12-14(18)22(21-15(12)20-16)11-4-2-10(17)3-5-11/h2-8H,18H2,1H3. The second-order valence-corrected chi connectivity index (χ2v) is 7.03. The number of aromatic nitrogens is 4. The first-order valence-electron chi connectivity index (χ1n) is 7.06. The molecule has 1 aromatic carbocycles. The van der Waals surface area contributed by atoms with Crippen LogP contribution in [0.3, 0.4) is 0 Å². The fourth-order valence-corrected chi connectivity index (χ4v) is 3.60. The van der Waals surface area contributed by atoms with Gasteiger partial charge in [0.1, 0.15) is 5.82 Å². The van der Waals surface area contributed by atoms with Gasteiger partial charge in [-0.3, -0.25) is 0 Å². The highest BCUT2D eigenvalue weighted by molar-refractivity contribution is 7.98. The topological polar surface area (TPSA) is 69.6 Å². The van der Waals surface area contributed by atoms with Crippen molar-refractivity contribution in [2.75, 3.05) is 12.0 Å². The predicted molar refractivity (Wildman–Crippen MR) is 101 cm³/mol. The van der Waals surface area contributed by atoms with Gasteiger partial charge in [0.05, 0.1) is 16.8 Å². The zero-order valence-electron chi connectivity index (χ0n) is 12.6. The Labute approximate surface area is 151 Å². The van der Waals surface area contributed by atoms with Crippen molar-refractivity contribution in [1.29, 1.82) is 0 Å². The van der Waals surface area contributed by atoms with E-state index < -0.39 is 0 Å². The summed E-state index contributed by atoms with van der Waals surface area (Å²) < 4.78 is 1.68. The molecule has 2 N–H and O–H groups in total. The molecule has 0 atom stereocenters. The van der Waals surface area contributed by atoms with E-state index >= 15 is 0 Å². The van der Waals surface area contributed by atoms with Crippen LogP contribution in [0.4, 0.5) is 5.82 Å². The van der Waals surface area contributed by atoms with Gasteiger partial charge < -0.3 is 5.73 Å². The molecule has 0 aliphatic carbocycles. The van der Waals surface area contributed by atoms with E-state index in [9.17, 15) is 0 Å². The molecule has 0 spiro atoms. The number of nitrogen functional groups attached to an aromatic ring is 1. The second-order valence-electron chi connectivity index (χ2n) is 5.04. The van der Waals surface area contributed by atoms with Crippen LogP contribution in [0.5, 0.6) is 0 Å². The summed E-state index contributed by atoms with van der Waals surface area (Å²) in [4.78, 5) is 9.15. The molecule has 3 aromatic heterocycles. The Kier molecular flexibility index (Phi) is 3.91. The first-order valence-corrected chi connectivity index (χ1v) is 9.60. The van der Waals surface area contributed by atoms with Crippen molar-refractivity contribution in [2.24, 2.45) is 0 Å². The zero-order valence-corrected chi connectivity index (χ0v) is 15.0. The highest BCUT2D eigenvalue weighted by Gasteiger charge is 2.19.